The molecule has 0 aliphatic heterocycles. The molecule has 0 fully saturated rings. The second-order valence-electron chi connectivity index (χ2n) is 5.61. The van der Waals surface area contributed by atoms with Crippen LogP contribution in [0.3, 0.4) is 0 Å². The number of benzene rings is 2. The highest BCUT2D eigenvalue weighted by Gasteiger charge is 2.39. The molecule has 2 aromatic rings. The SMILES string of the molecule is CCCOc1cc(O)c2c(c1N)C(=O)c1c(N)c(Br)cc(O)c1C2=O. The lowest BCUT2D eigenvalue weighted by molar-refractivity contribution is 0.0975. The van der Waals surface area contributed by atoms with Gasteiger partial charge < -0.3 is 26.4 Å². The maximum absolute atomic E-state index is 13.0. The number of rotatable bonds is 3. The van der Waals surface area contributed by atoms with Crippen molar-refractivity contribution in [2.45, 2.75) is 13.3 Å². The second-order valence-corrected chi connectivity index (χ2v) is 6.46. The first kappa shape index (κ1) is 17.1. The number of ether oxygens (including phenoxy) is 1. The van der Waals surface area contributed by atoms with E-state index in [1.54, 1.807) is 0 Å². The fraction of sp³-hybridized carbons (Fsp3) is 0.176. The van der Waals surface area contributed by atoms with E-state index in [2.05, 4.69) is 15.9 Å². The maximum atomic E-state index is 13.0. The van der Waals surface area contributed by atoms with Crippen molar-refractivity contribution in [1.29, 1.82) is 0 Å². The van der Waals surface area contributed by atoms with Crippen molar-refractivity contribution in [3.05, 3.63) is 38.9 Å². The van der Waals surface area contributed by atoms with E-state index in [1.807, 2.05) is 6.92 Å². The standard InChI is InChI=1S/C17H15BrN2O5/c1-2-3-25-9-5-8(22)11-13(15(9)20)17(24)12-10(16(11)23)7(21)4-6(18)14(12)19/h4-5,21-22H,2-3,19-20H2,1H3. The number of carbonyl (C=O) groups excluding carboxylic acids is 2. The Labute approximate surface area is 151 Å². The molecule has 0 atom stereocenters. The largest absolute Gasteiger partial charge is 0.507 e. The van der Waals surface area contributed by atoms with E-state index in [0.29, 0.717) is 13.0 Å². The van der Waals surface area contributed by atoms with E-state index in [0.717, 1.165) is 0 Å². The zero-order valence-corrected chi connectivity index (χ0v) is 14.8. The topological polar surface area (TPSA) is 136 Å². The van der Waals surface area contributed by atoms with Crippen molar-refractivity contribution in [3.63, 3.8) is 0 Å². The van der Waals surface area contributed by atoms with Crippen LogP contribution in [0.15, 0.2) is 16.6 Å². The van der Waals surface area contributed by atoms with Crippen molar-refractivity contribution in [2.75, 3.05) is 18.1 Å². The number of fused-ring (bicyclic) bond motifs is 2. The molecule has 7 nitrogen and oxygen atoms in total. The molecule has 0 heterocycles. The average molecular weight is 407 g/mol. The van der Waals surface area contributed by atoms with Crippen LogP contribution in [0.5, 0.6) is 17.2 Å². The third-order valence-electron chi connectivity index (χ3n) is 3.97. The Morgan fingerprint density at radius 3 is 2.08 bits per heavy atom. The van der Waals surface area contributed by atoms with Gasteiger partial charge in [-0.05, 0) is 28.4 Å². The fourth-order valence-electron chi connectivity index (χ4n) is 2.82. The molecule has 0 bridgehead atoms. The molecule has 8 heteroatoms. The van der Waals surface area contributed by atoms with Crippen LogP contribution in [-0.2, 0) is 0 Å². The van der Waals surface area contributed by atoms with Gasteiger partial charge in [0.2, 0.25) is 5.78 Å². The molecule has 6 N–H and O–H groups in total. The molecule has 0 unspecified atom stereocenters. The zero-order valence-electron chi connectivity index (χ0n) is 13.2. The molecular weight excluding hydrogens is 392 g/mol. The summed E-state index contributed by atoms with van der Waals surface area (Å²) in [5.41, 5.74) is 11.1. The third kappa shape index (κ3) is 2.41. The molecule has 25 heavy (non-hydrogen) atoms. The van der Waals surface area contributed by atoms with E-state index in [-0.39, 0.29) is 43.9 Å². The lowest BCUT2D eigenvalue weighted by atomic mass is 9.81. The first-order valence-electron chi connectivity index (χ1n) is 7.48. The predicted molar refractivity (Wildman–Crippen MR) is 95.4 cm³/mol. The number of aromatic hydroxyl groups is 2. The summed E-state index contributed by atoms with van der Waals surface area (Å²) in [6.07, 6.45) is 0.695. The highest BCUT2D eigenvalue weighted by Crippen LogP contribution is 2.45. The number of anilines is 2. The second kappa shape index (κ2) is 5.96. The zero-order chi connectivity index (χ0) is 18.5. The van der Waals surface area contributed by atoms with Crippen LogP contribution in [0, 0.1) is 0 Å². The van der Waals surface area contributed by atoms with Crippen LogP contribution in [0.25, 0.3) is 0 Å². The quantitative estimate of drug-likeness (QED) is 0.387. The smallest absolute Gasteiger partial charge is 0.202 e. The summed E-state index contributed by atoms with van der Waals surface area (Å²) < 4.78 is 5.72. The van der Waals surface area contributed by atoms with E-state index < -0.39 is 23.1 Å². The van der Waals surface area contributed by atoms with Gasteiger partial charge in [-0.2, -0.15) is 0 Å². The molecule has 2 aromatic carbocycles. The molecule has 0 radical (unpaired) electrons. The first-order valence-corrected chi connectivity index (χ1v) is 8.27. The van der Waals surface area contributed by atoms with Crippen LogP contribution in [-0.4, -0.2) is 28.4 Å². The molecule has 130 valence electrons. The normalized spacial score (nSPS) is 12.7. The highest BCUT2D eigenvalue weighted by molar-refractivity contribution is 9.10. The van der Waals surface area contributed by atoms with Gasteiger partial charge in [0.1, 0.15) is 17.2 Å². The summed E-state index contributed by atoms with van der Waals surface area (Å²) in [4.78, 5) is 25.8. The van der Waals surface area contributed by atoms with Gasteiger partial charge in [-0.1, -0.05) is 6.92 Å². The number of ketones is 2. The van der Waals surface area contributed by atoms with Gasteiger partial charge in [0.05, 0.1) is 40.2 Å². The summed E-state index contributed by atoms with van der Waals surface area (Å²) >= 11 is 3.14. The minimum atomic E-state index is -0.729. The summed E-state index contributed by atoms with van der Waals surface area (Å²) in [6, 6.07) is 2.42. The number of nitrogens with two attached hydrogens (primary N) is 2. The molecule has 1 aliphatic carbocycles. The Bertz CT molecular complexity index is 940. The van der Waals surface area contributed by atoms with Crippen molar-refractivity contribution in [2.24, 2.45) is 0 Å². The molecule has 0 spiro atoms. The third-order valence-corrected chi connectivity index (χ3v) is 4.63. The number of phenolic OH excluding ortho intramolecular Hbond substituents is 2. The van der Waals surface area contributed by atoms with Crippen LogP contribution >= 0.6 is 15.9 Å². The van der Waals surface area contributed by atoms with Gasteiger partial charge in [0.25, 0.3) is 0 Å². The molecule has 1 aliphatic rings. The molecule has 0 amide bonds. The molecule has 0 aromatic heterocycles. The predicted octanol–water partition coefficient (Wildman–Crippen LogP) is 2.59. The number of halogens is 1. The van der Waals surface area contributed by atoms with Crippen molar-refractivity contribution < 1.29 is 24.5 Å². The number of phenols is 2. The Morgan fingerprint density at radius 2 is 1.48 bits per heavy atom. The highest BCUT2D eigenvalue weighted by atomic mass is 79.9. The number of nitrogen functional groups attached to an aromatic ring is 2. The van der Waals surface area contributed by atoms with E-state index in [4.69, 9.17) is 16.2 Å². The Balaban J connectivity index is 2.33. The monoisotopic (exact) mass is 406 g/mol. The van der Waals surface area contributed by atoms with Gasteiger partial charge in [-0.15, -0.1) is 0 Å². The summed E-state index contributed by atoms with van der Waals surface area (Å²) in [6.45, 7) is 2.22. The van der Waals surface area contributed by atoms with E-state index >= 15 is 0 Å². The van der Waals surface area contributed by atoms with Crippen LogP contribution in [0.1, 0.15) is 45.2 Å². The van der Waals surface area contributed by atoms with E-state index in [9.17, 15) is 19.8 Å². The van der Waals surface area contributed by atoms with Gasteiger partial charge in [0, 0.05) is 10.5 Å². The minimum Gasteiger partial charge on any atom is -0.507 e. The van der Waals surface area contributed by atoms with Crippen molar-refractivity contribution in [1.82, 2.24) is 0 Å². The lowest BCUT2D eigenvalue weighted by Crippen LogP contribution is -2.24. The number of hydrogen-bond donors (Lipinski definition) is 4. The lowest BCUT2D eigenvalue weighted by Gasteiger charge is -2.23. The average Bonchev–Trinajstić information content (AvgIpc) is 2.56. The van der Waals surface area contributed by atoms with Crippen LogP contribution < -0.4 is 16.2 Å². The summed E-state index contributed by atoms with van der Waals surface area (Å²) in [5, 5.41) is 20.4. The Kier molecular flexibility index (Phi) is 4.08. The summed E-state index contributed by atoms with van der Waals surface area (Å²) in [5.74, 6) is -2.13. The van der Waals surface area contributed by atoms with E-state index in [1.165, 1.54) is 12.1 Å². The van der Waals surface area contributed by atoms with Crippen LogP contribution in [0.2, 0.25) is 0 Å². The Morgan fingerprint density at radius 1 is 0.960 bits per heavy atom. The first-order chi connectivity index (χ1) is 11.8. The van der Waals surface area contributed by atoms with Gasteiger partial charge >= 0.3 is 0 Å². The summed E-state index contributed by atoms with van der Waals surface area (Å²) in [7, 11) is 0. The minimum absolute atomic E-state index is 0.00979. The molecule has 0 saturated heterocycles. The van der Waals surface area contributed by atoms with Crippen LogP contribution in [0.4, 0.5) is 11.4 Å². The van der Waals surface area contributed by atoms with Gasteiger partial charge in [0.15, 0.2) is 5.78 Å². The maximum Gasteiger partial charge on any atom is 0.202 e. The van der Waals surface area contributed by atoms with Gasteiger partial charge in [-0.25, -0.2) is 0 Å². The van der Waals surface area contributed by atoms with Crippen molar-refractivity contribution in [3.8, 4) is 17.2 Å². The molecule has 0 saturated carbocycles. The van der Waals surface area contributed by atoms with Crippen molar-refractivity contribution >= 4 is 38.9 Å². The number of hydrogen-bond acceptors (Lipinski definition) is 7. The molecule has 3 rings (SSSR count). The molecular formula is C17H15BrN2O5. The van der Waals surface area contributed by atoms with Gasteiger partial charge in [-0.3, -0.25) is 9.59 Å². The Hall–Kier alpha value is -2.74. The fourth-order valence-corrected chi connectivity index (χ4v) is 3.24. The number of carbonyl (C=O) groups is 2.